The molecule has 122 valence electrons. The van der Waals surface area contributed by atoms with Crippen molar-refractivity contribution in [1.82, 2.24) is 0 Å². The number of ether oxygens (including phenoxy) is 4. The fourth-order valence-electron chi connectivity index (χ4n) is 2.74. The van der Waals surface area contributed by atoms with E-state index in [2.05, 4.69) is 0 Å². The van der Waals surface area contributed by atoms with E-state index in [9.17, 15) is 9.59 Å². The van der Waals surface area contributed by atoms with E-state index in [-0.39, 0.29) is 13.4 Å². The van der Waals surface area contributed by atoms with Gasteiger partial charge >= 0.3 is 11.9 Å². The number of carbonyl (C=O) groups excluding carboxylic acids is 2. The van der Waals surface area contributed by atoms with Crippen molar-refractivity contribution in [2.45, 2.75) is 19.1 Å². The third-order valence-electron chi connectivity index (χ3n) is 3.97. The Morgan fingerprint density at radius 1 is 1.12 bits per heavy atom. The molecule has 2 heterocycles. The van der Waals surface area contributed by atoms with E-state index in [1.54, 1.807) is 30.3 Å². The lowest BCUT2D eigenvalue weighted by atomic mass is 9.99. The number of rotatable bonds is 3. The summed E-state index contributed by atoms with van der Waals surface area (Å²) < 4.78 is 21.0. The zero-order chi connectivity index (χ0) is 16.5. The van der Waals surface area contributed by atoms with Gasteiger partial charge in [-0.2, -0.15) is 0 Å². The Labute approximate surface area is 137 Å². The first kappa shape index (κ1) is 14.6. The Hall–Kier alpha value is -3.02. The van der Waals surface area contributed by atoms with Gasteiger partial charge in [0, 0.05) is 6.42 Å². The fourth-order valence-corrected chi connectivity index (χ4v) is 2.74. The maximum absolute atomic E-state index is 12.2. The van der Waals surface area contributed by atoms with Crippen LogP contribution in [0.1, 0.15) is 21.5 Å². The fraction of sp³-hybridized carbons (Fsp3) is 0.222. The van der Waals surface area contributed by atoms with Gasteiger partial charge in [-0.3, -0.25) is 0 Å². The van der Waals surface area contributed by atoms with Crippen LogP contribution in [0.25, 0.3) is 0 Å². The first-order valence-electron chi connectivity index (χ1n) is 7.55. The Bertz CT molecular complexity index is 813. The van der Waals surface area contributed by atoms with Crippen LogP contribution in [0.2, 0.25) is 0 Å². The van der Waals surface area contributed by atoms with E-state index in [1.165, 1.54) is 0 Å². The van der Waals surface area contributed by atoms with Crippen LogP contribution in [0, 0.1) is 0 Å². The van der Waals surface area contributed by atoms with Gasteiger partial charge in [0.15, 0.2) is 11.5 Å². The third-order valence-corrected chi connectivity index (χ3v) is 3.97. The average Bonchev–Trinajstić information content (AvgIpc) is 3.07. The first-order chi connectivity index (χ1) is 11.7. The van der Waals surface area contributed by atoms with Gasteiger partial charge in [0.1, 0.15) is 6.61 Å². The van der Waals surface area contributed by atoms with Gasteiger partial charge in [-0.05, 0) is 29.3 Å². The van der Waals surface area contributed by atoms with E-state index < -0.39 is 18.0 Å². The number of benzene rings is 2. The number of hydrogen-bond donors (Lipinski definition) is 0. The van der Waals surface area contributed by atoms with E-state index in [0.717, 1.165) is 11.1 Å². The summed E-state index contributed by atoms with van der Waals surface area (Å²) in [5.41, 5.74) is 2.06. The molecule has 1 atom stereocenters. The Kier molecular flexibility index (Phi) is 3.57. The van der Waals surface area contributed by atoms with Crippen molar-refractivity contribution in [3.63, 3.8) is 0 Å². The molecule has 0 saturated heterocycles. The highest BCUT2D eigenvalue weighted by molar-refractivity contribution is 5.94. The standard InChI is InChI=1S/C18H14O6/c19-17-13-4-2-1-3-12(13)8-16(24-17)18(20)21-9-11-5-6-14-15(7-11)23-10-22-14/h1-7,16H,8-10H2. The molecule has 2 aromatic carbocycles. The number of hydrogen-bond acceptors (Lipinski definition) is 6. The van der Waals surface area contributed by atoms with Crippen LogP contribution in [-0.4, -0.2) is 24.8 Å². The molecular formula is C18H14O6. The molecule has 0 amide bonds. The lowest BCUT2D eigenvalue weighted by Gasteiger charge is -2.23. The zero-order valence-electron chi connectivity index (χ0n) is 12.7. The van der Waals surface area contributed by atoms with Crippen LogP contribution >= 0.6 is 0 Å². The van der Waals surface area contributed by atoms with Crippen molar-refractivity contribution >= 4 is 11.9 Å². The maximum atomic E-state index is 12.2. The number of fused-ring (bicyclic) bond motifs is 2. The quantitative estimate of drug-likeness (QED) is 0.806. The molecule has 6 nitrogen and oxygen atoms in total. The van der Waals surface area contributed by atoms with Gasteiger partial charge in [0.05, 0.1) is 5.56 Å². The minimum atomic E-state index is -0.915. The molecule has 0 aliphatic carbocycles. The first-order valence-corrected chi connectivity index (χ1v) is 7.55. The van der Waals surface area contributed by atoms with Gasteiger partial charge < -0.3 is 18.9 Å². The SMILES string of the molecule is O=C1OC(C(=O)OCc2ccc3c(c2)OCO3)Cc2ccccc21. The largest absolute Gasteiger partial charge is 0.458 e. The number of cyclic esters (lactones) is 1. The topological polar surface area (TPSA) is 71.1 Å². The van der Waals surface area contributed by atoms with Gasteiger partial charge in [-0.25, -0.2) is 9.59 Å². The van der Waals surface area contributed by atoms with Crippen LogP contribution in [0.5, 0.6) is 11.5 Å². The summed E-state index contributed by atoms with van der Waals surface area (Å²) in [5, 5.41) is 0. The summed E-state index contributed by atoms with van der Waals surface area (Å²) in [7, 11) is 0. The van der Waals surface area contributed by atoms with E-state index in [1.807, 2.05) is 12.1 Å². The molecule has 0 saturated carbocycles. The zero-order valence-corrected chi connectivity index (χ0v) is 12.7. The second-order valence-corrected chi connectivity index (χ2v) is 5.55. The van der Waals surface area contributed by atoms with E-state index in [4.69, 9.17) is 18.9 Å². The second-order valence-electron chi connectivity index (χ2n) is 5.55. The van der Waals surface area contributed by atoms with Gasteiger partial charge in [0.25, 0.3) is 0 Å². The summed E-state index contributed by atoms with van der Waals surface area (Å²) >= 11 is 0. The molecule has 2 aliphatic heterocycles. The lowest BCUT2D eigenvalue weighted by molar-refractivity contribution is -0.155. The van der Waals surface area contributed by atoms with Crippen LogP contribution in [-0.2, 0) is 27.3 Å². The molecule has 6 heteroatoms. The molecule has 0 spiro atoms. The summed E-state index contributed by atoms with van der Waals surface area (Å²) in [6.45, 7) is 0.265. The lowest BCUT2D eigenvalue weighted by Crippen LogP contribution is -2.35. The second kappa shape index (κ2) is 5.88. The monoisotopic (exact) mass is 326 g/mol. The Morgan fingerprint density at radius 2 is 1.96 bits per heavy atom. The van der Waals surface area contributed by atoms with Crippen LogP contribution in [0.3, 0.4) is 0 Å². The summed E-state index contributed by atoms with van der Waals surface area (Å²) in [5.74, 6) is 0.238. The van der Waals surface area contributed by atoms with Crippen molar-refractivity contribution < 1.29 is 28.5 Å². The Morgan fingerprint density at radius 3 is 2.88 bits per heavy atom. The van der Waals surface area contributed by atoms with Crippen molar-refractivity contribution in [3.05, 3.63) is 59.2 Å². The average molecular weight is 326 g/mol. The highest BCUT2D eigenvalue weighted by atomic mass is 16.7. The minimum Gasteiger partial charge on any atom is -0.458 e. The number of esters is 2. The molecule has 0 fully saturated rings. The molecule has 4 rings (SSSR count). The predicted octanol–water partition coefficient (Wildman–Crippen LogP) is 2.24. The van der Waals surface area contributed by atoms with Crippen molar-refractivity contribution in [1.29, 1.82) is 0 Å². The van der Waals surface area contributed by atoms with Gasteiger partial charge in [0.2, 0.25) is 12.9 Å². The minimum absolute atomic E-state index is 0.0746. The summed E-state index contributed by atoms with van der Waals surface area (Å²) in [6, 6.07) is 12.4. The highest BCUT2D eigenvalue weighted by Crippen LogP contribution is 2.32. The van der Waals surface area contributed by atoms with Crippen LogP contribution < -0.4 is 9.47 Å². The highest BCUT2D eigenvalue weighted by Gasteiger charge is 2.32. The smallest absolute Gasteiger partial charge is 0.348 e. The predicted molar refractivity (Wildman–Crippen MR) is 81.7 cm³/mol. The van der Waals surface area contributed by atoms with Gasteiger partial charge in [-0.15, -0.1) is 0 Å². The van der Waals surface area contributed by atoms with E-state index >= 15 is 0 Å². The third kappa shape index (κ3) is 2.67. The Balaban J connectivity index is 1.41. The molecule has 2 aliphatic rings. The normalized spacial score (nSPS) is 17.8. The van der Waals surface area contributed by atoms with Crippen LogP contribution in [0.4, 0.5) is 0 Å². The van der Waals surface area contributed by atoms with E-state index in [0.29, 0.717) is 23.5 Å². The van der Waals surface area contributed by atoms with Gasteiger partial charge in [-0.1, -0.05) is 24.3 Å². The molecule has 0 aromatic heterocycles. The molecule has 0 radical (unpaired) electrons. The molecule has 0 N–H and O–H groups in total. The van der Waals surface area contributed by atoms with Crippen molar-refractivity contribution in [2.75, 3.05) is 6.79 Å². The molecular weight excluding hydrogens is 312 g/mol. The molecule has 2 aromatic rings. The molecule has 0 bridgehead atoms. The summed E-state index contributed by atoms with van der Waals surface area (Å²) in [4.78, 5) is 24.1. The van der Waals surface area contributed by atoms with Crippen molar-refractivity contribution in [3.8, 4) is 11.5 Å². The van der Waals surface area contributed by atoms with Crippen molar-refractivity contribution in [2.24, 2.45) is 0 Å². The van der Waals surface area contributed by atoms with Crippen LogP contribution in [0.15, 0.2) is 42.5 Å². The molecule has 1 unspecified atom stereocenters. The maximum Gasteiger partial charge on any atom is 0.348 e. The number of carbonyl (C=O) groups is 2. The molecule has 24 heavy (non-hydrogen) atoms. The summed E-state index contributed by atoms with van der Waals surface area (Å²) in [6.07, 6.45) is -0.594.